The molecular weight excluding hydrogens is 226 g/mol. The van der Waals surface area contributed by atoms with Gasteiger partial charge in [0, 0.05) is 20.2 Å². The van der Waals surface area contributed by atoms with Crippen LogP contribution in [0.1, 0.15) is 19.3 Å². The van der Waals surface area contributed by atoms with Gasteiger partial charge in [0.15, 0.2) is 0 Å². The first-order valence-corrected chi connectivity index (χ1v) is 6.81. The molecule has 0 saturated carbocycles. The Morgan fingerprint density at radius 3 is 2.71 bits per heavy atom. The van der Waals surface area contributed by atoms with E-state index in [1.165, 1.54) is 4.31 Å². The van der Waals surface area contributed by atoms with E-state index in [1.54, 1.807) is 7.11 Å². The predicted molar refractivity (Wildman–Crippen MR) is 55.9 cm³/mol. The molecule has 4 nitrogen and oxygen atoms in total. The van der Waals surface area contributed by atoms with Crippen molar-refractivity contribution in [1.82, 2.24) is 4.31 Å². The van der Waals surface area contributed by atoms with E-state index >= 15 is 0 Å². The van der Waals surface area contributed by atoms with Crippen LogP contribution in [-0.2, 0) is 14.8 Å². The Morgan fingerprint density at radius 2 is 2.14 bits per heavy atom. The highest BCUT2D eigenvalue weighted by atomic mass is 35.5. The highest BCUT2D eigenvalue weighted by Crippen LogP contribution is 2.16. The number of ether oxygens (including phenoxy) is 1. The van der Waals surface area contributed by atoms with Crippen LogP contribution < -0.4 is 0 Å². The molecule has 0 radical (unpaired) electrons. The molecule has 1 rings (SSSR count). The molecule has 0 N–H and O–H groups in total. The maximum Gasteiger partial charge on any atom is 0.228 e. The van der Waals surface area contributed by atoms with E-state index in [0.29, 0.717) is 13.1 Å². The van der Waals surface area contributed by atoms with Gasteiger partial charge in [0.2, 0.25) is 10.0 Å². The first-order valence-electron chi connectivity index (χ1n) is 4.66. The van der Waals surface area contributed by atoms with Gasteiger partial charge in [0.1, 0.15) is 5.21 Å². The number of alkyl halides is 1. The second kappa shape index (κ2) is 5.30. The topological polar surface area (TPSA) is 46.6 Å². The van der Waals surface area contributed by atoms with Crippen LogP contribution in [0.2, 0.25) is 0 Å². The number of methoxy groups -OCH3 is 1. The fraction of sp³-hybridized carbons (Fsp3) is 1.00. The highest BCUT2D eigenvalue weighted by Gasteiger charge is 2.24. The SMILES string of the molecule is COC1CCCN(S(=O)(=O)CCl)CC1. The third-order valence-corrected chi connectivity index (χ3v) is 4.75. The Morgan fingerprint density at radius 1 is 1.43 bits per heavy atom. The van der Waals surface area contributed by atoms with Gasteiger partial charge in [-0.25, -0.2) is 12.7 Å². The molecule has 1 aliphatic rings. The maximum absolute atomic E-state index is 11.5. The van der Waals surface area contributed by atoms with Crippen molar-refractivity contribution >= 4 is 21.6 Å². The first-order chi connectivity index (χ1) is 6.60. The number of rotatable bonds is 3. The molecule has 84 valence electrons. The Labute approximate surface area is 90.2 Å². The molecule has 1 saturated heterocycles. The van der Waals surface area contributed by atoms with Crippen molar-refractivity contribution in [3.63, 3.8) is 0 Å². The average molecular weight is 242 g/mol. The number of hydrogen-bond donors (Lipinski definition) is 0. The molecule has 1 heterocycles. The summed E-state index contributed by atoms with van der Waals surface area (Å²) in [5.41, 5.74) is 0. The molecule has 6 heteroatoms. The quantitative estimate of drug-likeness (QED) is 0.693. The highest BCUT2D eigenvalue weighted by molar-refractivity contribution is 7.90. The second-order valence-electron chi connectivity index (χ2n) is 3.41. The standard InChI is InChI=1S/C8H16ClNO3S/c1-13-8-3-2-5-10(6-4-8)14(11,12)7-9/h8H,2-7H2,1H3. The fourth-order valence-electron chi connectivity index (χ4n) is 1.62. The van der Waals surface area contributed by atoms with Gasteiger partial charge in [-0.3, -0.25) is 0 Å². The van der Waals surface area contributed by atoms with Crippen molar-refractivity contribution in [2.45, 2.75) is 25.4 Å². The number of nitrogens with zero attached hydrogens (tertiary/aromatic N) is 1. The Balaban J connectivity index is 2.58. The van der Waals surface area contributed by atoms with Gasteiger partial charge in [-0.1, -0.05) is 0 Å². The average Bonchev–Trinajstić information content (AvgIpc) is 2.42. The summed E-state index contributed by atoms with van der Waals surface area (Å²) in [6, 6.07) is 0. The molecule has 1 aliphatic heterocycles. The predicted octanol–water partition coefficient (Wildman–Crippen LogP) is 1.01. The van der Waals surface area contributed by atoms with E-state index < -0.39 is 10.0 Å². The Hall–Kier alpha value is 0.160. The van der Waals surface area contributed by atoms with Crippen LogP contribution in [0.25, 0.3) is 0 Å². The van der Waals surface area contributed by atoms with Gasteiger partial charge in [-0.15, -0.1) is 11.6 Å². The summed E-state index contributed by atoms with van der Waals surface area (Å²) in [5, 5.41) is -0.329. The molecule has 1 unspecified atom stereocenters. The van der Waals surface area contributed by atoms with Crippen LogP contribution in [0.15, 0.2) is 0 Å². The second-order valence-corrected chi connectivity index (χ2v) is 5.96. The summed E-state index contributed by atoms with van der Waals surface area (Å²) >= 11 is 5.39. The zero-order valence-electron chi connectivity index (χ0n) is 8.28. The van der Waals surface area contributed by atoms with Gasteiger partial charge in [-0.2, -0.15) is 0 Å². The molecule has 0 spiro atoms. The van der Waals surface area contributed by atoms with Crippen molar-refractivity contribution in [3.8, 4) is 0 Å². The minimum Gasteiger partial charge on any atom is -0.381 e. The molecule has 0 aliphatic carbocycles. The first kappa shape index (κ1) is 12.2. The lowest BCUT2D eigenvalue weighted by Gasteiger charge is -2.18. The van der Waals surface area contributed by atoms with Gasteiger partial charge < -0.3 is 4.74 Å². The third kappa shape index (κ3) is 3.08. The summed E-state index contributed by atoms with van der Waals surface area (Å²) in [7, 11) is -1.57. The van der Waals surface area contributed by atoms with Gasteiger partial charge in [-0.05, 0) is 19.3 Å². The van der Waals surface area contributed by atoms with Crippen LogP contribution in [0, 0.1) is 0 Å². The summed E-state index contributed by atoms with van der Waals surface area (Å²) < 4.78 is 29.6. The largest absolute Gasteiger partial charge is 0.381 e. The molecule has 0 aromatic rings. The normalized spacial score (nSPS) is 26.0. The minimum absolute atomic E-state index is 0.186. The van der Waals surface area contributed by atoms with Gasteiger partial charge in [0.25, 0.3) is 0 Å². The summed E-state index contributed by atoms with van der Waals surface area (Å²) in [6.07, 6.45) is 2.71. The molecule has 1 fully saturated rings. The molecule has 0 bridgehead atoms. The van der Waals surface area contributed by atoms with E-state index in [2.05, 4.69) is 0 Å². The molecule has 0 aromatic carbocycles. The van der Waals surface area contributed by atoms with Crippen LogP contribution in [-0.4, -0.2) is 44.2 Å². The Kier molecular flexibility index (Phi) is 4.63. The maximum atomic E-state index is 11.5. The van der Waals surface area contributed by atoms with Gasteiger partial charge in [0.05, 0.1) is 6.10 Å². The van der Waals surface area contributed by atoms with E-state index in [-0.39, 0.29) is 11.3 Å². The summed E-state index contributed by atoms with van der Waals surface area (Å²) in [4.78, 5) is 0. The number of halogens is 1. The van der Waals surface area contributed by atoms with Crippen LogP contribution in [0.3, 0.4) is 0 Å². The molecule has 14 heavy (non-hydrogen) atoms. The molecular formula is C8H16ClNO3S. The van der Waals surface area contributed by atoms with Crippen LogP contribution in [0.5, 0.6) is 0 Å². The molecule has 0 aromatic heterocycles. The summed E-state index contributed by atoms with van der Waals surface area (Å²) in [5.74, 6) is 0. The zero-order valence-corrected chi connectivity index (χ0v) is 9.85. The Bertz CT molecular complexity index is 268. The van der Waals surface area contributed by atoms with Crippen molar-refractivity contribution in [1.29, 1.82) is 0 Å². The van der Waals surface area contributed by atoms with Crippen molar-refractivity contribution in [3.05, 3.63) is 0 Å². The number of hydrogen-bond acceptors (Lipinski definition) is 3. The van der Waals surface area contributed by atoms with E-state index in [4.69, 9.17) is 16.3 Å². The van der Waals surface area contributed by atoms with Crippen LogP contribution >= 0.6 is 11.6 Å². The van der Waals surface area contributed by atoms with E-state index in [9.17, 15) is 8.42 Å². The lowest BCUT2D eigenvalue weighted by Crippen LogP contribution is -2.33. The number of sulfonamides is 1. The smallest absolute Gasteiger partial charge is 0.228 e. The fourth-order valence-corrected chi connectivity index (χ4v) is 2.97. The minimum atomic E-state index is -3.23. The van der Waals surface area contributed by atoms with Crippen molar-refractivity contribution in [2.24, 2.45) is 0 Å². The monoisotopic (exact) mass is 241 g/mol. The van der Waals surface area contributed by atoms with E-state index in [1.807, 2.05) is 0 Å². The molecule has 1 atom stereocenters. The van der Waals surface area contributed by atoms with Crippen molar-refractivity contribution < 1.29 is 13.2 Å². The lowest BCUT2D eigenvalue weighted by atomic mass is 10.2. The lowest BCUT2D eigenvalue weighted by molar-refractivity contribution is 0.0916. The third-order valence-electron chi connectivity index (χ3n) is 2.50. The van der Waals surface area contributed by atoms with Crippen LogP contribution in [0.4, 0.5) is 0 Å². The van der Waals surface area contributed by atoms with Gasteiger partial charge >= 0.3 is 0 Å². The van der Waals surface area contributed by atoms with E-state index in [0.717, 1.165) is 19.3 Å². The van der Waals surface area contributed by atoms with Crippen molar-refractivity contribution in [2.75, 3.05) is 25.4 Å². The zero-order chi connectivity index (χ0) is 10.6. The molecule has 0 amide bonds. The summed E-state index contributed by atoms with van der Waals surface area (Å²) in [6.45, 7) is 1.09.